The molecule has 1 aromatic rings. The first-order valence-electron chi connectivity index (χ1n) is 11.3. The second-order valence-electron chi connectivity index (χ2n) is 10.7. The number of nitrogens with zero attached hydrogens (tertiary/aromatic N) is 1. The van der Waals surface area contributed by atoms with E-state index in [1.54, 1.807) is 12.7 Å². The lowest BCUT2D eigenvalue weighted by Gasteiger charge is -2.51. The van der Waals surface area contributed by atoms with Gasteiger partial charge in [0.1, 0.15) is 12.2 Å². The third kappa shape index (κ3) is 2.83. The van der Waals surface area contributed by atoms with Gasteiger partial charge in [-0.1, -0.05) is 19.4 Å². The lowest BCUT2D eigenvalue weighted by Crippen LogP contribution is -2.50. The van der Waals surface area contributed by atoms with Crippen molar-refractivity contribution in [3.8, 4) is 0 Å². The minimum Gasteiger partial charge on any atom is -0.457 e. The number of methoxy groups -OCH3 is 1. The number of fused-ring (bicyclic) bond motifs is 6. The maximum Gasteiger partial charge on any atom is 0.332 e. The van der Waals surface area contributed by atoms with E-state index in [-0.39, 0.29) is 18.0 Å². The van der Waals surface area contributed by atoms with Crippen LogP contribution in [0.4, 0.5) is 0 Å². The van der Waals surface area contributed by atoms with E-state index in [4.69, 9.17) is 9.47 Å². The Balaban J connectivity index is 1.41. The Morgan fingerprint density at radius 1 is 1.21 bits per heavy atom. The molecule has 0 saturated heterocycles. The van der Waals surface area contributed by atoms with Gasteiger partial charge in [-0.3, -0.25) is 5.10 Å². The molecule has 4 aliphatic carbocycles. The second kappa shape index (κ2) is 6.69. The number of carbonyl (C=O) groups is 1. The number of hydrogen-bond acceptors (Lipinski definition) is 4. The molecule has 0 amide bonds. The van der Waals surface area contributed by atoms with Crippen molar-refractivity contribution < 1.29 is 14.3 Å². The van der Waals surface area contributed by atoms with E-state index in [0.29, 0.717) is 17.8 Å². The molecule has 5 nitrogen and oxygen atoms in total. The van der Waals surface area contributed by atoms with Crippen LogP contribution in [0.3, 0.4) is 0 Å². The number of ether oxygens (including phenoxy) is 2. The predicted octanol–water partition coefficient (Wildman–Crippen LogP) is 4.40. The van der Waals surface area contributed by atoms with Crippen LogP contribution in [0.5, 0.6) is 0 Å². The van der Waals surface area contributed by atoms with Gasteiger partial charge in [0, 0.05) is 18.4 Å². The monoisotopic (exact) mass is 398 g/mol. The Bertz CT molecular complexity index is 841. The van der Waals surface area contributed by atoms with Crippen LogP contribution in [0.1, 0.15) is 64.1 Å². The van der Waals surface area contributed by atoms with Crippen molar-refractivity contribution in [3.63, 3.8) is 0 Å². The topological polar surface area (TPSA) is 64.2 Å². The van der Waals surface area contributed by atoms with Crippen molar-refractivity contribution >= 4 is 12.0 Å². The summed E-state index contributed by atoms with van der Waals surface area (Å²) >= 11 is 0. The molecule has 0 radical (unpaired) electrons. The van der Waals surface area contributed by atoms with E-state index in [1.807, 2.05) is 6.20 Å². The Labute approximate surface area is 173 Å². The number of allylic oxidation sites excluding steroid dienone is 1. The number of aromatic amines is 1. The molecule has 3 saturated carbocycles. The highest BCUT2D eigenvalue weighted by molar-refractivity contribution is 5.71. The highest BCUT2D eigenvalue weighted by Crippen LogP contribution is 2.64. The second-order valence-corrected chi connectivity index (χ2v) is 10.7. The molecule has 5 rings (SSSR count). The number of H-pyrrole nitrogens is 1. The first-order chi connectivity index (χ1) is 13.8. The van der Waals surface area contributed by atoms with Crippen molar-refractivity contribution in [3.05, 3.63) is 23.0 Å². The summed E-state index contributed by atoms with van der Waals surface area (Å²) in [5.41, 5.74) is 3.82. The van der Waals surface area contributed by atoms with Gasteiger partial charge in [-0.15, -0.1) is 0 Å². The maximum atomic E-state index is 12.4. The van der Waals surface area contributed by atoms with Crippen molar-refractivity contribution in [1.29, 1.82) is 0 Å². The summed E-state index contributed by atoms with van der Waals surface area (Å²) in [5, 5.41) is 7.44. The molecule has 5 heteroatoms. The van der Waals surface area contributed by atoms with Crippen LogP contribution < -0.4 is 0 Å². The Morgan fingerprint density at radius 2 is 2.03 bits per heavy atom. The van der Waals surface area contributed by atoms with Gasteiger partial charge in [-0.25, -0.2) is 4.79 Å². The van der Waals surface area contributed by atoms with Crippen LogP contribution in [0.25, 0.3) is 6.08 Å². The molecule has 1 heterocycles. The lowest BCUT2D eigenvalue weighted by atomic mass is 9.55. The number of esters is 1. The highest BCUT2D eigenvalue weighted by Gasteiger charge is 2.63. The van der Waals surface area contributed by atoms with Gasteiger partial charge in [-0.05, 0) is 80.8 Å². The molecule has 4 aliphatic rings. The predicted molar refractivity (Wildman–Crippen MR) is 111 cm³/mol. The standard InChI is InChI=1S/C24H34N2O3/c1-23(2)11-19-17-6-5-14-10-21-15(12-25-26-21)9-18(14)16(17)7-8-20(19)24(23,3)29-22(27)13-28-4/h10,12,16-20H,5-9,11,13H2,1-4H3,(H,25,26). The molecule has 0 aliphatic heterocycles. The van der Waals surface area contributed by atoms with E-state index >= 15 is 0 Å². The SMILES string of the molecule is COCC(=O)OC1(C)C2CCC3C4Cc5cn[nH]c5C=C4CCC3C2CC1(C)C. The molecule has 0 bridgehead atoms. The van der Waals surface area contributed by atoms with Gasteiger partial charge in [0.15, 0.2) is 0 Å². The third-order valence-corrected chi connectivity index (χ3v) is 9.09. The van der Waals surface area contributed by atoms with Crippen molar-refractivity contribution in [2.45, 2.75) is 64.9 Å². The molecule has 0 aromatic carbocycles. The summed E-state index contributed by atoms with van der Waals surface area (Å²) in [5.74, 6) is 3.05. The average Bonchev–Trinajstić information content (AvgIpc) is 3.20. The number of carbonyl (C=O) groups excluding carboxylic acids is 1. The fourth-order valence-electron chi connectivity index (χ4n) is 7.50. The fraction of sp³-hybridized carbons (Fsp3) is 0.750. The lowest BCUT2D eigenvalue weighted by molar-refractivity contribution is -0.181. The summed E-state index contributed by atoms with van der Waals surface area (Å²) in [6, 6.07) is 0. The number of nitrogens with one attached hydrogen (secondary N) is 1. The van der Waals surface area contributed by atoms with E-state index in [9.17, 15) is 4.79 Å². The molecule has 158 valence electrons. The summed E-state index contributed by atoms with van der Waals surface area (Å²) in [4.78, 5) is 12.4. The minimum atomic E-state index is -0.404. The Kier molecular flexibility index (Phi) is 4.47. The molecular weight excluding hydrogens is 364 g/mol. The van der Waals surface area contributed by atoms with Gasteiger partial charge in [-0.2, -0.15) is 5.10 Å². The van der Waals surface area contributed by atoms with Crippen LogP contribution in [-0.2, 0) is 20.7 Å². The first kappa shape index (κ1) is 19.3. The third-order valence-electron chi connectivity index (χ3n) is 9.09. The van der Waals surface area contributed by atoms with Gasteiger partial charge < -0.3 is 9.47 Å². The molecule has 1 N–H and O–H groups in total. The van der Waals surface area contributed by atoms with E-state index in [1.165, 1.54) is 30.5 Å². The normalized spacial score (nSPS) is 39.6. The van der Waals surface area contributed by atoms with E-state index in [2.05, 4.69) is 37.0 Å². The zero-order valence-electron chi connectivity index (χ0n) is 18.2. The van der Waals surface area contributed by atoms with Crippen LogP contribution in [0.15, 0.2) is 11.8 Å². The molecule has 0 spiro atoms. The molecule has 3 fully saturated rings. The molecule has 6 atom stereocenters. The van der Waals surface area contributed by atoms with Crippen LogP contribution in [0, 0.1) is 35.0 Å². The van der Waals surface area contributed by atoms with Crippen LogP contribution in [0.2, 0.25) is 0 Å². The fourth-order valence-corrected chi connectivity index (χ4v) is 7.50. The largest absolute Gasteiger partial charge is 0.457 e. The minimum absolute atomic E-state index is 0.0129. The van der Waals surface area contributed by atoms with Crippen molar-refractivity contribution in [2.24, 2.45) is 35.0 Å². The number of aromatic nitrogens is 2. The van der Waals surface area contributed by atoms with Crippen molar-refractivity contribution in [2.75, 3.05) is 13.7 Å². The van der Waals surface area contributed by atoms with Gasteiger partial charge in [0.05, 0.1) is 11.9 Å². The number of hydrogen-bond donors (Lipinski definition) is 1. The van der Waals surface area contributed by atoms with Gasteiger partial charge in [0.25, 0.3) is 0 Å². The summed E-state index contributed by atoms with van der Waals surface area (Å²) in [6.45, 7) is 6.83. The quantitative estimate of drug-likeness (QED) is 0.767. The molecule has 6 unspecified atom stereocenters. The zero-order chi connectivity index (χ0) is 20.4. The summed E-state index contributed by atoms with van der Waals surface area (Å²) in [7, 11) is 1.56. The molecular formula is C24H34N2O3. The van der Waals surface area contributed by atoms with Crippen LogP contribution >= 0.6 is 0 Å². The summed E-state index contributed by atoms with van der Waals surface area (Å²) < 4.78 is 11.2. The van der Waals surface area contributed by atoms with Crippen molar-refractivity contribution in [1.82, 2.24) is 10.2 Å². The van der Waals surface area contributed by atoms with Gasteiger partial charge in [0.2, 0.25) is 0 Å². The molecule has 29 heavy (non-hydrogen) atoms. The molecule has 1 aromatic heterocycles. The van der Waals surface area contributed by atoms with Crippen LogP contribution in [-0.4, -0.2) is 35.5 Å². The Hall–Kier alpha value is -1.62. The highest BCUT2D eigenvalue weighted by atomic mass is 16.6. The van der Waals surface area contributed by atoms with E-state index < -0.39 is 5.60 Å². The Morgan fingerprint density at radius 3 is 2.83 bits per heavy atom. The van der Waals surface area contributed by atoms with E-state index in [0.717, 1.165) is 31.1 Å². The zero-order valence-corrected chi connectivity index (χ0v) is 18.2. The smallest absolute Gasteiger partial charge is 0.332 e. The maximum absolute atomic E-state index is 12.4. The summed E-state index contributed by atoms with van der Waals surface area (Å²) in [6.07, 6.45) is 11.6. The number of rotatable bonds is 3. The first-order valence-corrected chi connectivity index (χ1v) is 11.3. The van der Waals surface area contributed by atoms with Gasteiger partial charge >= 0.3 is 5.97 Å². The average molecular weight is 399 g/mol.